The molecule has 2 aromatic carbocycles. The lowest BCUT2D eigenvalue weighted by molar-refractivity contribution is -0.160. The van der Waals surface area contributed by atoms with Crippen molar-refractivity contribution in [3.8, 4) is 11.3 Å². The minimum Gasteiger partial charge on any atom is -0.394 e. The van der Waals surface area contributed by atoms with Crippen LogP contribution < -0.4 is 10.6 Å². The Kier molecular flexibility index (Phi) is 6.44. The van der Waals surface area contributed by atoms with Crippen LogP contribution in [-0.4, -0.2) is 41.5 Å². The van der Waals surface area contributed by atoms with E-state index in [1.165, 1.54) is 24.3 Å². The van der Waals surface area contributed by atoms with Crippen molar-refractivity contribution in [2.45, 2.75) is 18.6 Å². The summed E-state index contributed by atoms with van der Waals surface area (Å²) >= 11 is 0. The van der Waals surface area contributed by atoms with Crippen molar-refractivity contribution in [2.24, 2.45) is 0 Å². The van der Waals surface area contributed by atoms with Gasteiger partial charge in [-0.25, -0.2) is 18.0 Å². The largest absolute Gasteiger partial charge is 0.410 e. The number of hydrogen-bond acceptors (Lipinski definition) is 2. The molecule has 4 N–H and O–H groups in total. The second-order valence-electron chi connectivity index (χ2n) is 6.72. The normalized spacial score (nSPS) is 12.7. The van der Waals surface area contributed by atoms with Gasteiger partial charge in [-0.1, -0.05) is 0 Å². The molecule has 166 valence electrons. The zero-order chi connectivity index (χ0) is 22.8. The number of fused-ring (bicyclic) bond motifs is 1. The van der Waals surface area contributed by atoms with Crippen LogP contribution in [0.1, 0.15) is 5.56 Å². The highest BCUT2D eigenvalue weighted by atomic mass is 19.4. The highest BCUT2D eigenvalue weighted by Gasteiger charge is 2.40. The van der Waals surface area contributed by atoms with Crippen LogP contribution in [0.3, 0.4) is 0 Å². The van der Waals surface area contributed by atoms with E-state index >= 15 is 0 Å². The van der Waals surface area contributed by atoms with E-state index < -0.39 is 42.3 Å². The molecule has 1 atom stereocenters. The average Bonchev–Trinajstić information content (AvgIpc) is 3.04. The SMILES string of the molecule is O=C(NCCc1c(-c2ccc(F)cc2)[nH]c2c(F)cc(F)cc12)N[C@H](CO)C(F)(F)F. The summed E-state index contributed by atoms with van der Waals surface area (Å²) in [6, 6.07) is 3.38. The van der Waals surface area contributed by atoms with Gasteiger partial charge >= 0.3 is 12.2 Å². The first-order valence-corrected chi connectivity index (χ1v) is 9.07. The number of carbonyl (C=O) groups excluding carboxylic acids is 1. The van der Waals surface area contributed by atoms with Gasteiger partial charge in [0.2, 0.25) is 0 Å². The summed E-state index contributed by atoms with van der Waals surface area (Å²) in [5, 5.41) is 12.8. The summed E-state index contributed by atoms with van der Waals surface area (Å²) in [6.45, 7) is -1.51. The zero-order valence-corrected chi connectivity index (χ0v) is 15.8. The molecule has 0 aliphatic heterocycles. The first-order valence-electron chi connectivity index (χ1n) is 9.07. The third-order valence-corrected chi connectivity index (χ3v) is 4.61. The second-order valence-corrected chi connectivity index (χ2v) is 6.72. The molecule has 3 rings (SSSR count). The number of rotatable bonds is 6. The Morgan fingerprint density at radius 3 is 2.35 bits per heavy atom. The number of hydrogen-bond donors (Lipinski definition) is 4. The van der Waals surface area contributed by atoms with Crippen LogP contribution in [0.15, 0.2) is 36.4 Å². The molecule has 0 saturated heterocycles. The molecule has 3 aromatic rings. The van der Waals surface area contributed by atoms with Crippen LogP contribution in [0.25, 0.3) is 22.2 Å². The van der Waals surface area contributed by atoms with Crippen LogP contribution in [-0.2, 0) is 6.42 Å². The van der Waals surface area contributed by atoms with E-state index in [0.29, 0.717) is 22.9 Å². The monoisotopic (exact) mass is 445 g/mol. The van der Waals surface area contributed by atoms with Crippen LogP contribution in [0.4, 0.5) is 31.1 Å². The standard InChI is InChI=1S/C20H17F6N3O2/c21-11-3-1-10(2-4-11)17-13(14-7-12(22)8-15(23)18(14)29-17)5-6-27-19(31)28-16(9-30)20(24,25)26/h1-4,7-8,16,29-30H,5-6,9H2,(H2,27,28,31)/t16-/m1/s1. The summed E-state index contributed by atoms with van der Waals surface area (Å²) in [4.78, 5) is 14.6. The number of alkyl halides is 3. The summed E-state index contributed by atoms with van der Waals surface area (Å²) in [5.41, 5.74) is 1.20. The third-order valence-electron chi connectivity index (χ3n) is 4.61. The molecule has 2 amide bonds. The number of nitrogens with one attached hydrogen (secondary N) is 3. The lowest BCUT2D eigenvalue weighted by Gasteiger charge is -2.19. The summed E-state index contributed by atoms with van der Waals surface area (Å²) in [7, 11) is 0. The Morgan fingerprint density at radius 1 is 1.06 bits per heavy atom. The van der Waals surface area contributed by atoms with E-state index in [-0.39, 0.29) is 23.9 Å². The Hall–Kier alpha value is -3.21. The minimum atomic E-state index is -4.83. The van der Waals surface area contributed by atoms with E-state index in [1.807, 2.05) is 0 Å². The molecule has 0 aliphatic rings. The van der Waals surface area contributed by atoms with Gasteiger partial charge in [-0.3, -0.25) is 0 Å². The first kappa shape index (κ1) is 22.5. The van der Waals surface area contributed by atoms with Gasteiger partial charge in [-0.15, -0.1) is 0 Å². The average molecular weight is 445 g/mol. The van der Waals surface area contributed by atoms with Gasteiger partial charge in [-0.2, -0.15) is 13.2 Å². The van der Waals surface area contributed by atoms with Crippen LogP contribution in [0, 0.1) is 17.5 Å². The number of aliphatic hydroxyl groups excluding tert-OH is 1. The maximum absolute atomic E-state index is 14.2. The summed E-state index contributed by atoms with van der Waals surface area (Å²) in [5.74, 6) is -2.19. The highest BCUT2D eigenvalue weighted by molar-refractivity contribution is 5.91. The Balaban J connectivity index is 1.84. The number of urea groups is 1. The molecule has 31 heavy (non-hydrogen) atoms. The fraction of sp³-hybridized carbons (Fsp3) is 0.250. The molecule has 1 heterocycles. The highest BCUT2D eigenvalue weighted by Crippen LogP contribution is 2.32. The predicted octanol–water partition coefficient (Wildman–Crippen LogP) is 4.02. The van der Waals surface area contributed by atoms with E-state index in [0.717, 1.165) is 6.07 Å². The molecule has 0 bridgehead atoms. The molecule has 0 unspecified atom stereocenters. The van der Waals surface area contributed by atoms with E-state index in [1.54, 1.807) is 5.32 Å². The Labute approximate surface area is 172 Å². The van der Waals surface area contributed by atoms with Gasteiger partial charge in [-0.05, 0) is 47.9 Å². The number of halogens is 6. The van der Waals surface area contributed by atoms with Gasteiger partial charge in [0.1, 0.15) is 23.5 Å². The Morgan fingerprint density at radius 2 is 1.74 bits per heavy atom. The summed E-state index contributed by atoms with van der Waals surface area (Å²) < 4.78 is 79.2. The number of H-pyrrole nitrogens is 1. The molecule has 0 radical (unpaired) electrons. The minimum absolute atomic E-state index is 0.00116. The number of carbonyl (C=O) groups is 1. The quantitative estimate of drug-likeness (QED) is 0.433. The second kappa shape index (κ2) is 8.88. The maximum atomic E-state index is 14.2. The fourth-order valence-corrected chi connectivity index (χ4v) is 3.14. The van der Waals surface area contributed by atoms with Gasteiger partial charge in [0.15, 0.2) is 0 Å². The van der Waals surface area contributed by atoms with Gasteiger partial charge in [0, 0.05) is 23.7 Å². The van der Waals surface area contributed by atoms with Gasteiger partial charge in [0.25, 0.3) is 0 Å². The molecule has 0 spiro atoms. The summed E-state index contributed by atoms with van der Waals surface area (Å²) in [6.07, 6.45) is -4.83. The van der Waals surface area contributed by atoms with E-state index in [9.17, 15) is 31.1 Å². The number of aromatic nitrogens is 1. The lowest BCUT2D eigenvalue weighted by atomic mass is 10.0. The Bertz CT molecular complexity index is 1080. The molecule has 1 aromatic heterocycles. The number of benzene rings is 2. The van der Waals surface area contributed by atoms with Crippen LogP contribution in [0.2, 0.25) is 0 Å². The smallest absolute Gasteiger partial charge is 0.394 e. The van der Waals surface area contributed by atoms with Crippen LogP contribution in [0.5, 0.6) is 0 Å². The maximum Gasteiger partial charge on any atom is 0.410 e. The van der Waals surface area contributed by atoms with E-state index in [2.05, 4.69) is 10.3 Å². The lowest BCUT2D eigenvalue weighted by Crippen LogP contribution is -2.51. The van der Waals surface area contributed by atoms with E-state index in [4.69, 9.17) is 5.11 Å². The molecule has 0 fully saturated rings. The third kappa shape index (κ3) is 5.10. The van der Waals surface area contributed by atoms with Crippen molar-refractivity contribution in [1.29, 1.82) is 0 Å². The fourth-order valence-electron chi connectivity index (χ4n) is 3.14. The van der Waals surface area contributed by atoms with Crippen LogP contribution >= 0.6 is 0 Å². The molecule has 0 aliphatic carbocycles. The van der Waals surface area contributed by atoms with Crippen molar-refractivity contribution in [3.05, 3.63) is 59.4 Å². The number of aliphatic hydroxyl groups is 1. The van der Waals surface area contributed by atoms with Crippen molar-refractivity contribution in [2.75, 3.05) is 13.2 Å². The zero-order valence-electron chi connectivity index (χ0n) is 15.8. The molecular formula is C20H17F6N3O2. The van der Waals surface area contributed by atoms with Crippen molar-refractivity contribution < 1.29 is 36.2 Å². The molecule has 11 heteroatoms. The van der Waals surface area contributed by atoms with Crippen molar-refractivity contribution in [1.82, 2.24) is 15.6 Å². The first-order chi connectivity index (χ1) is 14.6. The van der Waals surface area contributed by atoms with Crippen molar-refractivity contribution in [3.63, 3.8) is 0 Å². The molecule has 0 saturated carbocycles. The number of aromatic amines is 1. The topological polar surface area (TPSA) is 77.2 Å². The molecular weight excluding hydrogens is 428 g/mol. The van der Waals surface area contributed by atoms with Gasteiger partial charge < -0.3 is 20.7 Å². The van der Waals surface area contributed by atoms with Crippen molar-refractivity contribution >= 4 is 16.9 Å². The number of amides is 2. The van der Waals surface area contributed by atoms with Gasteiger partial charge in [0.05, 0.1) is 12.1 Å². The predicted molar refractivity (Wildman–Crippen MR) is 101 cm³/mol. The molecule has 5 nitrogen and oxygen atoms in total.